The molecule has 2 aromatic carbocycles. The number of halogens is 1. The molecule has 0 aliphatic carbocycles. The van der Waals surface area contributed by atoms with E-state index in [1.165, 1.54) is 25.3 Å². The Bertz CT molecular complexity index is 681. The van der Waals surface area contributed by atoms with E-state index in [1.54, 1.807) is 24.3 Å². The van der Waals surface area contributed by atoms with E-state index in [9.17, 15) is 12.8 Å². The molecule has 0 amide bonds. The molecule has 0 spiro atoms. The summed E-state index contributed by atoms with van der Waals surface area (Å²) in [4.78, 5) is -0.280. The minimum absolute atomic E-state index is 0.259. The minimum atomic E-state index is -3.70. The Balaban J connectivity index is 2.34. The molecule has 2 aromatic rings. The average Bonchev–Trinajstić information content (AvgIpc) is 2.38. The summed E-state index contributed by atoms with van der Waals surface area (Å²) in [5.41, 5.74) is 0.558. The first kappa shape index (κ1) is 13.5. The highest BCUT2D eigenvalue weighted by Gasteiger charge is 2.19. The van der Waals surface area contributed by atoms with Crippen LogP contribution in [0.5, 0.6) is 5.75 Å². The van der Waals surface area contributed by atoms with Crippen LogP contribution in [0.1, 0.15) is 5.56 Å². The third-order valence-electron chi connectivity index (χ3n) is 2.66. The Kier molecular flexibility index (Phi) is 3.85. The van der Waals surface area contributed by atoms with Crippen molar-refractivity contribution in [2.45, 2.75) is 10.6 Å². The molecular formula is C14H13FO3S. The standard InChI is InChI=1S/C14H13FO3S/c1-18-12-6-4-5-11(9-12)10-19(16,17)14-8-3-2-7-13(14)15/h2-9H,10H2,1H3. The average molecular weight is 280 g/mol. The van der Waals surface area contributed by atoms with Crippen molar-refractivity contribution in [1.29, 1.82) is 0 Å². The number of hydrogen-bond donors (Lipinski definition) is 0. The van der Waals surface area contributed by atoms with E-state index in [-0.39, 0.29) is 10.6 Å². The molecule has 5 heteroatoms. The number of hydrogen-bond acceptors (Lipinski definition) is 3. The monoisotopic (exact) mass is 280 g/mol. The van der Waals surface area contributed by atoms with Gasteiger partial charge in [-0.1, -0.05) is 24.3 Å². The summed E-state index contributed by atoms with van der Waals surface area (Å²) in [7, 11) is -2.20. The first-order valence-electron chi connectivity index (χ1n) is 5.63. The van der Waals surface area contributed by atoms with E-state index in [4.69, 9.17) is 4.74 Å². The highest BCUT2D eigenvalue weighted by Crippen LogP contribution is 2.21. The lowest BCUT2D eigenvalue weighted by molar-refractivity contribution is 0.414. The van der Waals surface area contributed by atoms with E-state index in [0.29, 0.717) is 11.3 Å². The summed E-state index contributed by atoms with van der Waals surface area (Å²) in [6.07, 6.45) is 0. The van der Waals surface area contributed by atoms with E-state index < -0.39 is 15.7 Å². The second-order valence-corrected chi connectivity index (χ2v) is 6.00. The lowest BCUT2D eigenvalue weighted by Crippen LogP contribution is -2.07. The molecule has 100 valence electrons. The van der Waals surface area contributed by atoms with Crippen molar-refractivity contribution in [3.8, 4) is 5.75 Å². The summed E-state index contributed by atoms with van der Waals surface area (Å²) >= 11 is 0. The molecular weight excluding hydrogens is 267 g/mol. The highest BCUT2D eigenvalue weighted by atomic mass is 32.2. The molecule has 0 saturated carbocycles. The van der Waals surface area contributed by atoms with Crippen molar-refractivity contribution in [3.05, 3.63) is 59.9 Å². The van der Waals surface area contributed by atoms with Crippen LogP contribution in [0.3, 0.4) is 0 Å². The van der Waals surface area contributed by atoms with Crippen LogP contribution < -0.4 is 4.74 Å². The summed E-state index contributed by atoms with van der Waals surface area (Å²) in [5.74, 6) is -0.419. The third kappa shape index (κ3) is 3.12. The van der Waals surface area contributed by atoms with Crippen molar-refractivity contribution < 1.29 is 17.5 Å². The van der Waals surface area contributed by atoms with Gasteiger partial charge in [-0.05, 0) is 29.8 Å². The number of sulfone groups is 1. The van der Waals surface area contributed by atoms with Crippen LogP contribution in [-0.4, -0.2) is 15.5 Å². The van der Waals surface area contributed by atoms with Crippen molar-refractivity contribution in [2.75, 3.05) is 7.11 Å². The smallest absolute Gasteiger partial charge is 0.185 e. The first-order valence-corrected chi connectivity index (χ1v) is 7.28. The van der Waals surface area contributed by atoms with E-state index in [0.717, 1.165) is 6.07 Å². The second-order valence-electron chi connectivity index (χ2n) is 4.04. The zero-order valence-electron chi connectivity index (χ0n) is 10.3. The number of methoxy groups -OCH3 is 1. The van der Waals surface area contributed by atoms with Gasteiger partial charge in [-0.2, -0.15) is 0 Å². The molecule has 3 nitrogen and oxygen atoms in total. The van der Waals surface area contributed by atoms with E-state index in [2.05, 4.69) is 0 Å². The zero-order chi connectivity index (χ0) is 13.9. The molecule has 0 unspecified atom stereocenters. The predicted octanol–water partition coefficient (Wildman–Crippen LogP) is 2.81. The topological polar surface area (TPSA) is 43.4 Å². The Morgan fingerprint density at radius 1 is 1.11 bits per heavy atom. The van der Waals surface area contributed by atoms with Crippen LogP contribution in [0.2, 0.25) is 0 Å². The van der Waals surface area contributed by atoms with Gasteiger partial charge in [0.05, 0.1) is 12.9 Å². The summed E-state index contributed by atoms with van der Waals surface area (Å²) in [6.45, 7) is 0. The zero-order valence-corrected chi connectivity index (χ0v) is 11.2. The van der Waals surface area contributed by atoms with Crippen molar-refractivity contribution >= 4 is 9.84 Å². The largest absolute Gasteiger partial charge is 0.497 e. The van der Waals surface area contributed by atoms with Crippen LogP contribution in [0.4, 0.5) is 4.39 Å². The quantitative estimate of drug-likeness (QED) is 0.865. The maximum Gasteiger partial charge on any atom is 0.185 e. The van der Waals surface area contributed by atoms with Crippen LogP contribution in [-0.2, 0) is 15.6 Å². The molecule has 0 aromatic heterocycles. The van der Waals surface area contributed by atoms with Gasteiger partial charge in [-0.25, -0.2) is 12.8 Å². The molecule has 0 aliphatic heterocycles. The number of rotatable bonds is 4. The molecule has 0 aliphatic rings. The maximum absolute atomic E-state index is 13.5. The third-order valence-corrected chi connectivity index (χ3v) is 4.38. The predicted molar refractivity (Wildman–Crippen MR) is 70.3 cm³/mol. The Morgan fingerprint density at radius 3 is 2.53 bits per heavy atom. The van der Waals surface area contributed by atoms with Crippen LogP contribution in [0.25, 0.3) is 0 Å². The molecule has 0 N–H and O–H groups in total. The normalized spacial score (nSPS) is 11.3. The lowest BCUT2D eigenvalue weighted by atomic mass is 10.2. The van der Waals surface area contributed by atoms with Gasteiger partial charge in [0.15, 0.2) is 9.84 Å². The molecule has 0 bridgehead atoms. The van der Waals surface area contributed by atoms with Crippen LogP contribution >= 0.6 is 0 Å². The fourth-order valence-corrected chi connectivity index (χ4v) is 3.18. The molecule has 0 fully saturated rings. The molecule has 0 radical (unpaired) electrons. The van der Waals surface area contributed by atoms with Gasteiger partial charge in [0, 0.05) is 0 Å². The summed E-state index contributed by atoms with van der Waals surface area (Å²) < 4.78 is 42.8. The number of benzene rings is 2. The fourth-order valence-electron chi connectivity index (χ4n) is 1.76. The summed E-state index contributed by atoms with van der Waals surface area (Å²) in [5, 5.41) is 0. The lowest BCUT2D eigenvalue weighted by Gasteiger charge is -2.07. The maximum atomic E-state index is 13.5. The Labute approximate surface area is 111 Å². The van der Waals surface area contributed by atoms with Gasteiger partial charge in [-0.3, -0.25) is 0 Å². The molecule has 0 atom stereocenters. The molecule has 0 saturated heterocycles. The van der Waals surface area contributed by atoms with Crippen molar-refractivity contribution in [3.63, 3.8) is 0 Å². The van der Waals surface area contributed by atoms with Gasteiger partial charge in [0.1, 0.15) is 16.5 Å². The first-order chi connectivity index (χ1) is 9.03. The Hall–Kier alpha value is -1.88. The second kappa shape index (κ2) is 5.40. The minimum Gasteiger partial charge on any atom is -0.497 e. The molecule has 2 rings (SSSR count). The van der Waals surface area contributed by atoms with Gasteiger partial charge in [-0.15, -0.1) is 0 Å². The van der Waals surface area contributed by atoms with E-state index >= 15 is 0 Å². The van der Waals surface area contributed by atoms with Gasteiger partial charge >= 0.3 is 0 Å². The van der Waals surface area contributed by atoms with Gasteiger partial charge in [0.2, 0.25) is 0 Å². The Morgan fingerprint density at radius 2 is 1.84 bits per heavy atom. The van der Waals surface area contributed by atoms with Gasteiger partial charge in [0.25, 0.3) is 0 Å². The SMILES string of the molecule is COc1cccc(CS(=O)(=O)c2ccccc2F)c1. The molecule has 19 heavy (non-hydrogen) atoms. The van der Waals surface area contributed by atoms with Gasteiger partial charge < -0.3 is 4.74 Å². The molecule has 0 heterocycles. The highest BCUT2D eigenvalue weighted by molar-refractivity contribution is 7.90. The summed E-state index contributed by atoms with van der Waals surface area (Å²) in [6, 6.07) is 12.1. The van der Waals surface area contributed by atoms with Crippen molar-refractivity contribution in [2.24, 2.45) is 0 Å². The fraction of sp³-hybridized carbons (Fsp3) is 0.143. The van der Waals surface area contributed by atoms with Crippen LogP contribution in [0, 0.1) is 5.82 Å². The van der Waals surface area contributed by atoms with Crippen molar-refractivity contribution in [1.82, 2.24) is 0 Å². The number of ether oxygens (including phenoxy) is 1. The van der Waals surface area contributed by atoms with E-state index in [1.807, 2.05) is 0 Å². The van der Waals surface area contributed by atoms with Crippen LogP contribution in [0.15, 0.2) is 53.4 Å².